The molecule has 60 heavy (non-hydrogen) atoms. The highest BCUT2D eigenvalue weighted by Crippen LogP contribution is 2.29. The predicted octanol–water partition coefficient (Wildman–Crippen LogP) is 13.5. The van der Waals surface area contributed by atoms with Gasteiger partial charge in [0.05, 0.1) is 6.61 Å². The number of aliphatic imine (C=N–C) groups is 1. The van der Waals surface area contributed by atoms with Gasteiger partial charge < -0.3 is 25.0 Å². The number of carbonyl (C=O) groups excluding carboxylic acids is 2. The molecule has 0 spiro atoms. The van der Waals surface area contributed by atoms with Crippen LogP contribution in [0.2, 0.25) is 0 Å². The average Bonchev–Trinajstić information content (AvgIpc) is 3.24. The molecule has 0 saturated carbocycles. The number of carbonyl (C=O) groups is 2. The Labute approximate surface area is 369 Å². The molecule has 0 fully saturated rings. The number of nitrogens with two attached hydrogens (primary N) is 1. The van der Waals surface area contributed by atoms with Crippen LogP contribution in [0.25, 0.3) is 0 Å². The van der Waals surface area contributed by atoms with Crippen LogP contribution >= 0.6 is 0 Å². The molecule has 1 rings (SSSR count). The van der Waals surface area contributed by atoms with Crippen LogP contribution in [-0.4, -0.2) is 79.5 Å². The lowest BCUT2D eigenvalue weighted by Gasteiger charge is -2.25. The molecule has 0 aromatic carbocycles. The first kappa shape index (κ1) is 55.3. The van der Waals surface area contributed by atoms with Crippen molar-refractivity contribution in [1.29, 1.82) is 0 Å². The monoisotopic (exact) mass is 843 g/mol. The van der Waals surface area contributed by atoms with Gasteiger partial charge in [-0.15, -0.1) is 0 Å². The summed E-state index contributed by atoms with van der Waals surface area (Å²) in [6.45, 7) is 15.0. The average molecular weight is 843 g/mol. The molecular formula is C50H94N6O4. The Bertz CT molecular complexity index is 1150. The Morgan fingerprint density at radius 2 is 1.05 bits per heavy atom. The van der Waals surface area contributed by atoms with Crippen LogP contribution in [0.4, 0.5) is 17.3 Å². The molecule has 10 heteroatoms. The molecule has 1 heterocycles. The summed E-state index contributed by atoms with van der Waals surface area (Å²) >= 11 is 0. The zero-order valence-electron chi connectivity index (χ0n) is 39.7. The summed E-state index contributed by atoms with van der Waals surface area (Å²) in [5.74, 6) is 1.04. The highest BCUT2D eigenvalue weighted by molar-refractivity contribution is 5.74. The molecule has 2 N–H and O–H groups in total. The maximum absolute atomic E-state index is 12.9. The second kappa shape index (κ2) is 40.3. The number of nitrogen functional groups attached to an aromatic ring is 1. The molecule has 10 nitrogen and oxygen atoms in total. The Morgan fingerprint density at radius 1 is 0.600 bits per heavy atom. The van der Waals surface area contributed by atoms with E-state index in [4.69, 9.17) is 15.2 Å². The number of aromatic nitrogens is 2. The molecule has 0 aliphatic carbocycles. The van der Waals surface area contributed by atoms with E-state index in [-0.39, 0.29) is 18.0 Å². The Hall–Kier alpha value is -2.75. The third kappa shape index (κ3) is 31.1. The number of ether oxygens (including phenoxy) is 2. The highest BCUT2D eigenvalue weighted by Gasteiger charge is 2.15. The first-order valence-electron chi connectivity index (χ1n) is 25.2. The second-order valence-corrected chi connectivity index (χ2v) is 17.5. The summed E-state index contributed by atoms with van der Waals surface area (Å²) in [6.07, 6.45) is 39.2. The van der Waals surface area contributed by atoms with E-state index >= 15 is 0 Å². The largest absolute Gasteiger partial charge is 0.466 e. The Morgan fingerprint density at radius 3 is 1.58 bits per heavy atom. The molecule has 348 valence electrons. The van der Waals surface area contributed by atoms with E-state index in [9.17, 15) is 9.59 Å². The van der Waals surface area contributed by atoms with Gasteiger partial charge >= 0.3 is 11.9 Å². The summed E-state index contributed by atoms with van der Waals surface area (Å²) in [7, 11) is 2.02. The van der Waals surface area contributed by atoms with Crippen LogP contribution < -0.4 is 10.6 Å². The lowest BCUT2D eigenvalue weighted by Crippen LogP contribution is -2.30. The van der Waals surface area contributed by atoms with Gasteiger partial charge in [-0.2, -0.15) is 0 Å². The number of nitrogens with zero attached hydrogens (tertiary/aromatic N) is 5. The number of hydrogen-bond acceptors (Lipinski definition) is 10. The van der Waals surface area contributed by atoms with Crippen molar-refractivity contribution in [3.05, 3.63) is 6.33 Å². The van der Waals surface area contributed by atoms with Crippen LogP contribution in [0, 0.1) is 0 Å². The van der Waals surface area contributed by atoms with E-state index in [2.05, 4.69) is 52.2 Å². The van der Waals surface area contributed by atoms with Gasteiger partial charge in [-0.1, -0.05) is 156 Å². The zero-order chi connectivity index (χ0) is 43.7. The molecule has 0 atom stereocenters. The second-order valence-electron chi connectivity index (χ2n) is 17.5. The van der Waals surface area contributed by atoms with Crippen molar-refractivity contribution in [2.75, 3.05) is 50.5 Å². The quantitative estimate of drug-likeness (QED) is 0.0388. The van der Waals surface area contributed by atoms with Gasteiger partial charge in [0.2, 0.25) is 0 Å². The van der Waals surface area contributed by atoms with Crippen LogP contribution in [0.1, 0.15) is 233 Å². The SMILES string of the molecule is C=Nc1c(N)ncnc1N(C)CCCN(CCCCCCCC(=O)OCCCCCCCC)CCCCCCCC(=O)OC(CCCCCCCC)CCCCCCCC. The van der Waals surface area contributed by atoms with Gasteiger partial charge in [0.25, 0.3) is 0 Å². The third-order valence-corrected chi connectivity index (χ3v) is 11.8. The standard InChI is InChI=1S/C50H94N6O4/c1-6-9-12-15-20-27-35-45(36-28-21-16-13-10-7-2)60-47(58)38-30-23-19-25-32-41-56(42-34-39-55(5)50-48(52-4)49(51)53-44-54-50)40-31-24-18-22-29-37-46(57)59-43-33-26-17-14-11-8-3/h44-45H,4,6-43H2,1-3,5H3,(H2,51,53,54). The third-order valence-electron chi connectivity index (χ3n) is 11.8. The van der Waals surface area contributed by atoms with Crippen LogP contribution in [-0.2, 0) is 19.1 Å². The predicted molar refractivity (Wildman–Crippen MR) is 256 cm³/mol. The Balaban J connectivity index is 2.45. The highest BCUT2D eigenvalue weighted by atomic mass is 16.5. The Kier molecular flexibility index (Phi) is 37.1. The van der Waals surface area contributed by atoms with E-state index in [1.165, 1.54) is 122 Å². The van der Waals surface area contributed by atoms with E-state index < -0.39 is 0 Å². The van der Waals surface area contributed by atoms with Crippen molar-refractivity contribution in [2.45, 2.75) is 239 Å². The van der Waals surface area contributed by atoms with Crippen molar-refractivity contribution in [3.8, 4) is 0 Å². The summed E-state index contributed by atoms with van der Waals surface area (Å²) in [5.41, 5.74) is 6.57. The lowest BCUT2D eigenvalue weighted by atomic mass is 10.0. The van der Waals surface area contributed by atoms with Crippen molar-refractivity contribution >= 4 is 36.0 Å². The van der Waals surface area contributed by atoms with E-state index in [1.54, 1.807) is 0 Å². The molecule has 0 radical (unpaired) electrons. The summed E-state index contributed by atoms with van der Waals surface area (Å²) in [5, 5.41) is 0. The van der Waals surface area contributed by atoms with Gasteiger partial charge in [0.1, 0.15) is 18.1 Å². The van der Waals surface area contributed by atoms with E-state index in [0.29, 0.717) is 36.8 Å². The van der Waals surface area contributed by atoms with Gasteiger partial charge in [0.15, 0.2) is 11.6 Å². The first-order chi connectivity index (χ1) is 29.4. The molecule has 0 aliphatic rings. The first-order valence-corrected chi connectivity index (χ1v) is 25.2. The number of anilines is 2. The van der Waals surface area contributed by atoms with Gasteiger partial charge in [0, 0.05) is 26.4 Å². The minimum Gasteiger partial charge on any atom is -0.466 e. The number of unbranched alkanes of at least 4 members (excludes halogenated alkanes) is 23. The molecule has 0 aliphatic heterocycles. The molecule has 0 unspecified atom stereocenters. The fraction of sp³-hybridized carbons (Fsp3) is 0.860. The fourth-order valence-corrected chi connectivity index (χ4v) is 8.01. The lowest BCUT2D eigenvalue weighted by molar-refractivity contribution is -0.150. The summed E-state index contributed by atoms with van der Waals surface area (Å²) in [4.78, 5) is 42.3. The molecule has 0 bridgehead atoms. The summed E-state index contributed by atoms with van der Waals surface area (Å²) < 4.78 is 11.5. The summed E-state index contributed by atoms with van der Waals surface area (Å²) in [6, 6.07) is 0. The van der Waals surface area contributed by atoms with Crippen LogP contribution in [0.3, 0.4) is 0 Å². The topological polar surface area (TPSA) is 123 Å². The number of hydrogen-bond donors (Lipinski definition) is 1. The maximum atomic E-state index is 12.9. The fourth-order valence-electron chi connectivity index (χ4n) is 8.01. The molecule has 1 aromatic rings. The van der Waals surface area contributed by atoms with Crippen LogP contribution in [0.5, 0.6) is 0 Å². The molecule has 1 aromatic heterocycles. The number of rotatable bonds is 44. The smallest absolute Gasteiger partial charge is 0.306 e. The van der Waals surface area contributed by atoms with Crippen LogP contribution in [0.15, 0.2) is 11.3 Å². The maximum Gasteiger partial charge on any atom is 0.306 e. The molecular weight excluding hydrogens is 749 g/mol. The van der Waals surface area contributed by atoms with Gasteiger partial charge in [-0.05, 0) is 90.6 Å². The molecule has 0 amide bonds. The normalized spacial score (nSPS) is 11.4. The number of esters is 2. The van der Waals surface area contributed by atoms with Gasteiger partial charge in [-0.3, -0.25) is 14.6 Å². The van der Waals surface area contributed by atoms with Crippen molar-refractivity contribution in [3.63, 3.8) is 0 Å². The van der Waals surface area contributed by atoms with Crippen molar-refractivity contribution < 1.29 is 19.1 Å². The van der Waals surface area contributed by atoms with E-state index in [0.717, 1.165) is 110 Å². The molecule has 0 saturated heterocycles. The minimum absolute atomic E-state index is 0.0113. The minimum atomic E-state index is -0.0356. The van der Waals surface area contributed by atoms with Crippen molar-refractivity contribution in [2.24, 2.45) is 4.99 Å². The van der Waals surface area contributed by atoms with Gasteiger partial charge in [-0.25, -0.2) is 9.97 Å². The zero-order valence-corrected chi connectivity index (χ0v) is 39.7. The van der Waals surface area contributed by atoms with E-state index in [1.807, 2.05) is 7.05 Å². The van der Waals surface area contributed by atoms with Crippen molar-refractivity contribution in [1.82, 2.24) is 14.9 Å².